The van der Waals surface area contributed by atoms with E-state index in [1.165, 1.54) is 0 Å². The Bertz CT molecular complexity index is 783. The molecule has 342 valence electrons. The monoisotopic (exact) mass is 834 g/mol. The molecular formula is C38H79N3O16. The number of methoxy groups -OCH3 is 1. The van der Waals surface area contributed by atoms with Crippen LogP contribution in [0.2, 0.25) is 0 Å². The summed E-state index contributed by atoms with van der Waals surface area (Å²) in [5.74, 6) is 0.913. The van der Waals surface area contributed by atoms with Crippen molar-refractivity contribution in [1.29, 1.82) is 0 Å². The van der Waals surface area contributed by atoms with Crippen LogP contribution in [0.4, 0.5) is 0 Å². The van der Waals surface area contributed by atoms with Crippen LogP contribution in [-0.2, 0) is 75.8 Å². The van der Waals surface area contributed by atoms with Gasteiger partial charge in [0.15, 0.2) is 5.96 Å². The molecule has 0 aromatic rings. The fourth-order valence-corrected chi connectivity index (χ4v) is 4.22. The molecule has 0 aliphatic rings. The molecule has 0 aliphatic heterocycles. The Balaban J connectivity index is 3.12. The molecule has 0 atom stereocenters. The van der Waals surface area contributed by atoms with Crippen molar-refractivity contribution < 1.29 is 75.8 Å². The van der Waals surface area contributed by atoms with Crippen LogP contribution in [0, 0.1) is 0 Å². The minimum Gasteiger partial charge on any atom is -0.382 e. The highest BCUT2D eigenvalue weighted by atomic mass is 16.6. The Labute approximate surface area is 342 Å². The zero-order valence-electron chi connectivity index (χ0n) is 36.0. The van der Waals surface area contributed by atoms with Gasteiger partial charge in [0.1, 0.15) is 0 Å². The van der Waals surface area contributed by atoms with Crippen LogP contribution < -0.4 is 0 Å². The molecule has 0 rings (SSSR count). The van der Waals surface area contributed by atoms with Crippen molar-refractivity contribution in [2.45, 2.75) is 0 Å². The van der Waals surface area contributed by atoms with Gasteiger partial charge in [0.05, 0.1) is 211 Å². The van der Waals surface area contributed by atoms with Gasteiger partial charge in [-0.05, 0) is 0 Å². The molecular weight excluding hydrogens is 754 g/mol. The SMILES string of the molecule is COCCOCCOCCOCCOCCOCCOCCOCCOCCOCCOCCOCCOCCOCCOCCOCCN=C(N(C)C)N(C)C. The molecule has 19 heteroatoms. The summed E-state index contributed by atoms with van der Waals surface area (Å²) in [5, 5.41) is 0. The molecule has 0 heterocycles. The highest BCUT2D eigenvalue weighted by Gasteiger charge is 2.03. The van der Waals surface area contributed by atoms with Gasteiger partial charge in [-0.2, -0.15) is 0 Å². The average Bonchev–Trinajstić information content (AvgIpc) is 3.20. The molecule has 19 nitrogen and oxygen atoms in total. The number of hydrogen-bond acceptors (Lipinski definition) is 17. The predicted molar refractivity (Wildman–Crippen MR) is 214 cm³/mol. The van der Waals surface area contributed by atoms with Crippen LogP contribution in [0.3, 0.4) is 0 Å². The topological polar surface area (TPSA) is 167 Å². The van der Waals surface area contributed by atoms with Gasteiger partial charge in [-0.1, -0.05) is 0 Å². The van der Waals surface area contributed by atoms with Gasteiger partial charge >= 0.3 is 0 Å². The molecule has 0 amide bonds. The lowest BCUT2D eigenvalue weighted by Gasteiger charge is -2.22. The second kappa shape index (κ2) is 49.0. The first-order chi connectivity index (χ1) is 28.1. The Morgan fingerprint density at radius 2 is 0.421 bits per heavy atom. The largest absolute Gasteiger partial charge is 0.382 e. The van der Waals surface area contributed by atoms with Crippen LogP contribution in [0.5, 0.6) is 0 Å². The molecule has 0 aliphatic carbocycles. The van der Waals surface area contributed by atoms with Crippen LogP contribution in [0.25, 0.3) is 0 Å². The van der Waals surface area contributed by atoms with E-state index in [1.54, 1.807) is 7.11 Å². The number of hydrogen-bond donors (Lipinski definition) is 0. The van der Waals surface area contributed by atoms with E-state index in [-0.39, 0.29) is 0 Å². The lowest BCUT2D eigenvalue weighted by Crippen LogP contribution is -2.35. The minimum atomic E-state index is 0.500. The molecule has 57 heavy (non-hydrogen) atoms. The summed E-state index contributed by atoms with van der Waals surface area (Å²) >= 11 is 0. The quantitative estimate of drug-likeness (QED) is 0.0468. The molecule has 0 unspecified atom stereocenters. The molecule has 0 aromatic heterocycles. The molecule has 0 aromatic carbocycles. The van der Waals surface area contributed by atoms with Crippen LogP contribution in [-0.4, -0.2) is 262 Å². The second-order valence-corrected chi connectivity index (χ2v) is 12.1. The first-order valence-electron chi connectivity index (χ1n) is 20.1. The Morgan fingerprint density at radius 1 is 0.263 bits per heavy atom. The minimum absolute atomic E-state index is 0.500. The smallest absolute Gasteiger partial charge is 0.195 e. The molecule has 0 saturated heterocycles. The Hall–Kier alpha value is -1.37. The number of nitrogens with zero attached hydrogens (tertiary/aromatic N) is 3. The number of ether oxygens (including phenoxy) is 16. The second-order valence-electron chi connectivity index (χ2n) is 12.1. The van der Waals surface area contributed by atoms with E-state index in [2.05, 4.69) is 4.99 Å². The third kappa shape index (κ3) is 47.2. The predicted octanol–water partition coefficient (Wildman–Crippen LogP) is 0.361. The normalized spacial score (nSPS) is 11.5. The summed E-state index contributed by atoms with van der Waals surface area (Å²) in [4.78, 5) is 8.46. The van der Waals surface area contributed by atoms with E-state index < -0.39 is 0 Å². The van der Waals surface area contributed by atoms with Crippen molar-refractivity contribution in [3.05, 3.63) is 0 Å². The van der Waals surface area contributed by atoms with Crippen LogP contribution >= 0.6 is 0 Å². The fraction of sp³-hybridized carbons (Fsp3) is 0.974. The summed E-state index contributed by atoms with van der Waals surface area (Å²) in [6.45, 7) is 16.7. The number of guanidine groups is 1. The summed E-state index contributed by atoms with van der Waals surface area (Å²) in [6.07, 6.45) is 0. The standard InChI is InChI=1S/C38H79N3O16/c1-40(2)38(41(3)4)39-6-7-43-10-11-45-14-15-47-18-19-49-22-23-51-26-27-53-30-31-55-34-35-57-37-36-56-33-32-54-29-28-52-25-24-50-21-20-48-17-16-46-13-12-44-9-8-42-5/h6-37H2,1-5H3. The van der Waals surface area contributed by atoms with Crippen molar-refractivity contribution in [2.24, 2.45) is 4.99 Å². The zero-order chi connectivity index (χ0) is 41.4. The lowest BCUT2D eigenvalue weighted by molar-refractivity contribution is -0.0302. The van der Waals surface area contributed by atoms with Crippen molar-refractivity contribution >= 4 is 5.96 Å². The van der Waals surface area contributed by atoms with Crippen molar-refractivity contribution in [1.82, 2.24) is 9.80 Å². The van der Waals surface area contributed by atoms with Gasteiger partial charge in [-0.25, -0.2) is 0 Å². The summed E-state index contributed by atoms with van der Waals surface area (Å²) in [7, 11) is 9.52. The summed E-state index contributed by atoms with van der Waals surface area (Å²) in [6, 6.07) is 0. The first-order valence-corrected chi connectivity index (χ1v) is 20.1. The Kier molecular flexibility index (Phi) is 47.8. The third-order valence-corrected chi connectivity index (χ3v) is 6.93. The van der Waals surface area contributed by atoms with Gasteiger partial charge in [-0.3, -0.25) is 4.99 Å². The molecule has 0 spiro atoms. The van der Waals surface area contributed by atoms with Gasteiger partial charge in [0.25, 0.3) is 0 Å². The summed E-state index contributed by atoms with van der Waals surface area (Å²) < 4.78 is 87.1. The van der Waals surface area contributed by atoms with Crippen molar-refractivity contribution in [3.8, 4) is 0 Å². The maximum atomic E-state index is 5.55. The van der Waals surface area contributed by atoms with Gasteiger partial charge in [0.2, 0.25) is 0 Å². The van der Waals surface area contributed by atoms with Crippen molar-refractivity contribution in [2.75, 3.05) is 247 Å². The molecule has 0 fully saturated rings. The van der Waals surface area contributed by atoms with E-state index in [9.17, 15) is 0 Å². The zero-order valence-corrected chi connectivity index (χ0v) is 36.0. The molecule has 0 bridgehead atoms. The fourth-order valence-electron chi connectivity index (χ4n) is 4.22. The van der Waals surface area contributed by atoms with Gasteiger partial charge in [-0.15, -0.1) is 0 Å². The third-order valence-electron chi connectivity index (χ3n) is 6.93. The van der Waals surface area contributed by atoms with Crippen LogP contribution in [0.15, 0.2) is 4.99 Å². The van der Waals surface area contributed by atoms with Gasteiger partial charge < -0.3 is 85.6 Å². The Morgan fingerprint density at radius 3 is 0.579 bits per heavy atom. The van der Waals surface area contributed by atoms with E-state index >= 15 is 0 Å². The maximum Gasteiger partial charge on any atom is 0.195 e. The van der Waals surface area contributed by atoms with E-state index in [1.807, 2.05) is 38.0 Å². The first kappa shape index (κ1) is 55.6. The molecule has 0 radical (unpaired) electrons. The van der Waals surface area contributed by atoms with Crippen molar-refractivity contribution in [3.63, 3.8) is 0 Å². The highest BCUT2D eigenvalue weighted by molar-refractivity contribution is 5.79. The lowest BCUT2D eigenvalue weighted by atomic mass is 10.6. The number of aliphatic imine (C=N–C) groups is 1. The molecule has 0 saturated carbocycles. The summed E-state index contributed by atoms with van der Waals surface area (Å²) in [5.41, 5.74) is 0. The van der Waals surface area contributed by atoms with E-state index in [4.69, 9.17) is 75.8 Å². The maximum absolute atomic E-state index is 5.55. The molecule has 0 N–H and O–H groups in total. The van der Waals surface area contributed by atoms with Gasteiger partial charge in [0, 0.05) is 35.3 Å². The van der Waals surface area contributed by atoms with Crippen LogP contribution in [0.1, 0.15) is 0 Å². The van der Waals surface area contributed by atoms with E-state index in [0.717, 1.165) is 5.96 Å². The average molecular weight is 834 g/mol. The number of rotatable bonds is 48. The van der Waals surface area contributed by atoms with E-state index in [0.29, 0.717) is 211 Å². The highest BCUT2D eigenvalue weighted by Crippen LogP contribution is 1.91.